The van der Waals surface area contributed by atoms with E-state index in [1.807, 2.05) is 6.08 Å². The van der Waals surface area contributed by atoms with Gasteiger partial charge in [0.25, 0.3) is 0 Å². The van der Waals surface area contributed by atoms with Crippen LogP contribution in [0, 0.1) is 0 Å². The maximum Gasteiger partial charge on any atom is 0.191 e. The molecule has 0 amide bonds. The fraction of sp³-hybridized carbons (Fsp3) is 0.500. The van der Waals surface area contributed by atoms with Gasteiger partial charge >= 0.3 is 0 Å². The van der Waals surface area contributed by atoms with Gasteiger partial charge < -0.3 is 10.6 Å². The molecule has 4 nitrogen and oxygen atoms in total. The van der Waals surface area contributed by atoms with E-state index in [0.717, 1.165) is 38.6 Å². The van der Waals surface area contributed by atoms with Crippen molar-refractivity contribution in [3.05, 3.63) is 48.6 Å². The maximum absolute atomic E-state index is 4.60. The molecule has 0 aromatic heterocycles. The number of hydrogen-bond acceptors (Lipinski definition) is 2. The zero-order valence-electron chi connectivity index (χ0n) is 14.2. The summed E-state index contributed by atoms with van der Waals surface area (Å²) in [5, 5.41) is 6.46. The van der Waals surface area contributed by atoms with Crippen molar-refractivity contribution in [3.63, 3.8) is 0 Å². The monoisotopic (exact) mass is 302 g/mol. The van der Waals surface area contributed by atoms with E-state index < -0.39 is 0 Å². The highest BCUT2D eigenvalue weighted by Gasteiger charge is 2.09. The first-order valence-corrected chi connectivity index (χ1v) is 8.04. The Morgan fingerprint density at radius 3 is 2.68 bits per heavy atom. The van der Waals surface area contributed by atoms with Crippen molar-refractivity contribution in [2.75, 3.05) is 26.7 Å². The number of nitrogens with one attached hydrogen (secondary N) is 2. The van der Waals surface area contributed by atoms with E-state index in [4.69, 9.17) is 0 Å². The van der Waals surface area contributed by atoms with E-state index in [1.165, 1.54) is 5.56 Å². The molecule has 1 aromatic rings. The SMILES string of the molecule is C=CCNC(=NCCC(C)N(C)Cc1ccccc1)NCC. The molecule has 0 saturated carbocycles. The Kier molecular flexibility index (Phi) is 9.00. The summed E-state index contributed by atoms with van der Waals surface area (Å²) in [7, 11) is 2.17. The molecule has 2 N–H and O–H groups in total. The van der Waals surface area contributed by atoms with Crippen molar-refractivity contribution in [1.82, 2.24) is 15.5 Å². The summed E-state index contributed by atoms with van der Waals surface area (Å²) in [6.07, 6.45) is 2.87. The molecule has 1 atom stereocenters. The fourth-order valence-corrected chi connectivity index (χ4v) is 2.12. The Balaban J connectivity index is 2.39. The van der Waals surface area contributed by atoms with Crippen LogP contribution in [0.3, 0.4) is 0 Å². The summed E-state index contributed by atoms with van der Waals surface area (Å²) in [5.74, 6) is 0.861. The Morgan fingerprint density at radius 1 is 1.32 bits per heavy atom. The summed E-state index contributed by atoms with van der Waals surface area (Å²) in [5.41, 5.74) is 1.35. The van der Waals surface area contributed by atoms with Crippen LogP contribution in [0.1, 0.15) is 25.8 Å². The Bertz CT molecular complexity index is 442. The smallest absolute Gasteiger partial charge is 0.191 e. The predicted molar refractivity (Wildman–Crippen MR) is 96.2 cm³/mol. The Labute approximate surface area is 135 Å². The molecule has 0 aliphatic rings. The van der Waals surface area contributed by atoms with Crippen LogP contribution in [0.5, 0.6) is 0 Å². The van der Waals surface area contributed by atoms with E-state index in [9.17, 15) is 0 Å². The second-order valence-electron chi connectivity index (χ2n) is 5.47. The lowest BCUT2D eigenvalue weighted by molar-refractivity contribution is 0.240. The molecule has 0 aliphatic heterocycles. The normalized spacial score (nSPS) is 13.0. The van der Waals surface area contributed by atoms with Crippen molar-refractivity contribution in [2.45, 2.75) is 32.9 Å². The van der Waals surface area contributed by atoms with Gasteiger partial charge in [-0.1, -0.05) is 36.4 Å². The third kappa shape index (κ3) is 7.27. The predicted octanol–water partition coefficient (Wildman–Crippen LogP) is 2.64. The molecule has 122 valence electrons. The van der Waals surface area contributed by atoms with Crippen LogP contribution in [0.4, 0.5) is 0 Å². The minimum Gasteiger partial charge on any atom is -0.357 e. The van der Waals surface area contributed by atoms with Gasteiger partial charge in [0.1, 0.15) is 0 Å². The average molecular weight is 302 g/mol. The van der Waals surface area contributed by atoms with Crippen molar-refractivity contribution in [1.29, 1.82) is 0 Å². The standard InChI is InChI=1S/C18H30N4/c1-5-13-20-18(19-6-2)21-14-12-16(3)22(4)15-17-10-8-7-9-11-17/h5,7-11,16H,1,6,12-15H2,2-4H3,(H2,19,20,21). The Hall–Kier alpha value is -1.81. The molecular weight excluding hydrogens is 272 g/mol. The van der Waals surface area contributed by atoms with Gasteiger partial charge in [-0.25, -0.2) is 0 Å². The summed E-state index contributed by atoms with van der Waals surface area (Å²) in [4.78, 5) is 6.97. The minimum absolute atomic E-state index is 0.492. The lowest BCUT2D eigenvalue weighted by Gasteiger charge is -2.24. The summed E-state index contributed by atoms with van der Waals surface area (Å²) in [6, 6.07) is 11.1. The molecule has 0 saturated heterocycles. The number of hydrogen-bond donors (Lipinski definition) is 2. The molecule has 0 heterocycles. The van der Waals surface area contributed by atoms with E-state index in [0.29, 0.717) is 6.04 Å². The topological polar surface area (TPSA) is 39.7 Å². The number of rotatable bonds is 9. The summed E-state index contributed by atoms with van der Waals surface area (Å²) >= 11 is 0. The first kappa shape index (κ1) is 18.2. The highest BCUT2D eigenvalue weighted by molar-refractivity contribution is 5.79. The van der Waals surface area contributed by atoms with Gasteiger partial charge in [0.15, 0.2) is 5.96 Å². The third-order valence-electron chi connectivity index (χ3n) is 3.60. The number of guanidine groups is 1. The van der Waals surface area contributed by atoms with Crippen LogP contribution in [0.2, 0.25) is 0 Å². The molecule has 0 fully saturated rings. The van der Waals surface area contributed by atoms with Crippen LogP contribution < -0.4 is 10.6 Å². The lowest BCUT2D eigenvalue weighted by Crippen LogP contribution is -2.37. The molecule has 4 heteroatoms. The summed E-state index contributed by atoms with van der Waals surface area (Å²) < 4.78 is 0. The van der Waals surface area contributed by atoms with E-state index in [1.54, 1.807) is 0 Å². The van der Waals surface area contributed by atoms with Gasteiger partial charge in [-0.15, -0.1) is 6.58 Å². The number of benzene rings is 1. The molecule has 0 bridgehead atoms. The van der Waals surface area contributed by atoms with Gasteiger partial charge in [-0.3, -0.25) is 9.89 Å². The van der Waals surface area contributed by atoms with Crippen molar-refractivity contribution < 1.29 is 0 Å². The molecule has 0 radical (unpaired) electrons. The van der Waals surface area contributed by atoms with Crippen LogP contribution in [0.15, 0.2) is 48.0 Å². The van der Waals surface area contributed by atoms with E-state index >= 15 is 0 Å². The molecule has 1 aromatic carbocycles. The number of nitrogens with zero attached hydrogens (tertiary/aromatic N) is 2. The molecule has 1 rings (SSSR count). The van der Waals surface area contributed by atoms with Crippen LogP contribution in [-0.4, -0.2) is 43.6 Å². The Morgan fingerprint density at radius 2 is 2.05 bits per heavy atom. The highest BCUT2D eigenvalue weighted by Crippen LogP contribution is 2.08. The molecule has 22 heavy (non-hydrogen) atoms. The molecule has 1 unspecified atom stereocenters. The van der Waals surface area contributed by atoms with Crippen molar-refractivity contribution >= 4 is 5.96 Å². The van der Waals surface area contributed by atoms with Gasteiger partial charge in [-0.2, -0.15) is 0 Å². The lowest BCUT2D eigenvalue weighted by atomic mass is 10.1. The first-order valence-electron chi connectivity index (χ1n) is 8.04. The van der Waals surface area contributed by atoms with Gasteiger partial charge in [0, 0.05) is 32.2 Å². The van der Waals surface area contributed by atoms with Crippen LogP contribution in [-0.2, 0) is 6.54 Å². The van der Waals surface area contributed by atoms with Crippen molar-refractivity contribution in [2.24, 2.45) is 4.99 Å². The van der Waals surface area contributed by atoms with E-state index in [-0.39, 0.29) is 0 Å². The highest BCUT2D eigenvalue weighted by atomic mass is 15.2. The molecule has 0 spiro atoms. The second kappa shape index (κ2) is 10.9. The zero-order valence-corrected chi connectivity index (χ0v) is 14.2. The second-order valence-corrected chi connectivity index (χ2v) is 5.47. The largest absolute Gasteiger partial charge is 0.357 e. The van der Waals surface area contributed by atoms with Crippen LogP contribution >= 0.6 is 0 Å². The fourth-order valence-electron chi connectivity index (χ4n) is 2.12. The van der Waals surface area contributed by atoms with Gasteiger partial charge in [0.2, 0.25) is 0 Å². The molecular formula is C18H30N4. The molecule has 0 aliphatic carbocycles. The maximum atomic E-state index is 4.60. The van der Waals surface area contributed by atoms with Crippen molar-refractivity contribution in [3.8, 4) is 0 Å². The first-order chi connectivity index (χ1) is 10.7. The van der Waals surface area contributed by atoms with E-state index in [2.05, 4.69) is 78.3 Å². The third-order valence-corrected chi connectivity index (χ3v) is 3.60. The average Bonchev–Trinajstić information content (AvgIpc) is 2.53. The van der Waals surface area contributed by atoms with Crippen LogP contribution in [0.25, 0.3) is 0 Å². The number of aliphatic imine (C=N–C) groups is 1. The quantitative estimate of drug-likeness (QED) is 0.418. The van der Waals surface area contributed by atoms with Gasteiger partial charge in [-0.05, 0) is 32.9 Å². The zero-order chi connectivity index (χ0) is 16.2. The van der Waals surface area contributed by atoms with Gasteiger partial charge in [0.05, 0.1) is 0 Å². The minimum atomic E-state index is 0.492. The summed E-state index contributed by atoms with van der Waals surface area (Å²) in [6.45, 7) is 11.4.